The molecule has 32 heavy (non-hydrogen) atoms. The van der Waals surface area contributed by atoms with E-state index in [4.69, 9.17) is 0 Å². The monoisotopic (exact) mass is 470 g/mol. The van der Waals surface area contributed by atoms with Gasteiger partial charge in [-0.2, -0.15) is 0 Å². The largest absolute Gasteiger partial charge is 0.344 e. The molecule has 172 valence electrons. The van der Waals surface area contributed by atoms with Crippen LogP contribution in [0.15, 0.2) is 22.2 Å². The predicted octanol–water partition coefficient (Wildman–Crippen LogP) is 4.49. The van der Waals surface area contributed by atoms with Crippen LogP contribution < -0.4 is 5.56 Å². The summed E-state index contributed by atoms with van der Waals surface area (Å²) in [6, 6.07) is 1.38. The molecule has 1 atom stereocenters. The lowest BCUT2D eigenvalue weighted by Crippen LogP contribution is -2.43. The molecule has 2 aromatic heterocycles. The van der Waals surface area contributed by atoms with Crippen LogP contribution >= 0.6 is 11.8 Å². The third kappa shape index (κ3) is 4.25. The second kappa shape index (κ2) is 9.40. The van der Waals surface area contributed by atoms with Gasteiger partial charge in [-0.05, 0) is 22.9 Å². The molecule has 0 radical (unpaired) electrons. The second-order valence-electron chi connectivity index (χ2n) is 9.64. The molecule has 0 aliphatic carbocycles. The first-order valence-electron chi connectivity index (χ1n) is 11.3. The predicted molar refractivity (Wildman–Crippen MR) is 135 cm³/mol. The van der Waals surface area contributed by atoms with E-state index in [1.165, 1.54) is 11.8 Å². The quantitative estimate of drug-likeness (QED) is 0.279. The normalized spacial score (nSPS) is 17.0. The van der Waals surface area contributed by atoms with Gasteiger partial charge in [-0.15, -0.1) is 5.54 Å². The van der Waals surface area contributed by atoms with Crippen molar-refractivity contribution in [2.24, 2.45) is 0 Å². The van der Waals surface area contributed by atoms with Gasteiger partial charge in [0.05, 0.1) is 11.4 Å². The highest BCUT2D eigenvalue weighted by Crippen LogP contribution is 2.41. The van der Waals surface area contributed by atoms with E-state index in [1.807, 2.05) is 6.26 Å². The SMILES string of the molecule is CSc1ncc2c(C#C[Si](C(C)C)(C(C)C)C(C)C)cc(=O)n(C3CC(=O)N(C)C3)c2n1. The molecule has 0 bridgehead atoms. The zero-order valence-electron chi connectivity index (χ0n) is 20.4. The summed E-state index contributed by atoms with van der Waals surface area (Å²) in [7, 11) is -0.187. The Labute approximate surface area is 196 Å². The number of likely N-dealkylation sites (N-methyl/N-ethyl adjacent to an activating group) is 1. The fourth-order valence-electron chi connectivity index (χ4n) is 5.28. The Kier molecular flexibility index (Phi) is 7.20. The minimum Gasteiger partial charge on any atom is -0.344 e. The lowest BCUT2D eigenvalue weighted by Gasteiger charge is -2.38. The second-order valence-corrected chi connectivity index (χ2v) is 16.0. The van der Waals surface area contributed by atoms with E-state index < -0.39 is 8.07 Å². The van der Waals surface area contributed by atoms with E-state index in [0.29, 0.717) is 46.0 Å². The summed E-state index contributed by atoms with van der Waals surface area (Å²) >= 11 is 1.43. The number of amides is 1. The molecule has 6 nitrogen and oxygen atoms in total. The lowest BCUT2D eigenvalue weighted by molar-refractivity contribution is -0.126. The molecule has 0 saturated carbocycles. The average Bonchev–Trinajstić information content (AvgIpc) is 3.04. The van der Waals surface area contributed by atoms with Crippen LogP contribution in [0.1, 0.15) is 59.6 Å². The molecule has 3 rings (SSSR count). The van der Waals surface area contributed by atoms with Crippen molar-refractivity contribution in [1.82, 2.24) is 19.4 Å². The van der Waals surface area contributed by atoms with Gasteiger partial charge in [0.1, 0.15) is 13.7 Å². The van der Waals surface area contributed by atoms with Crippen molar-refractivity contribution in [1.29, 1.82) is 0 Å². The first kappa shape index (κ1) is 24.5. The maximum Gasteiger partial charge on any atom is 0.253 e. The Balaban J connectivity index is 2.26. The Morgan fingerprint density at radius 1 is 1.12 bits per heavy atom. The fourth-order valence-corrected chi connectivity index (χ4v) is 10.8. The van der Waals surface area contributed by atoms with Crippen molar-refractivity contribution in [2.75, 3.05) is 19.8 Å². The van der Waals surface area contributed by atoms with E-state index in [2.05, 4.69) is 63.0 Å². The van der Waals surface area contributed by atoms with Crippen molar-refractivity contribution in [3.05, 3.63) is 28.2 Å². The molecule has 1 aliphatic heterocycles. The average molecular weight is 471 g/mol. The van der Waals surface area contributed by atoms with Crippen LogP contribution in [0.4, 0.5) is 0 Å². The number of hydrogen-bond acceptors (Lipinski definition) is 5. The van der Waals surface area contributed by atoms with Gasteiger partial charge >= 0.3 is 0 Å². The van der Waals surface area contributed by atoms with Gasteiger partial charge in [-0.3, -0.25) is 14.2 Å². The van der Waals surface area contributed by atoms with Crippen LogP contribution in [0.2, 0.25) is 16.6 Å². The maximum absolute atomic E-state index is 13.3. The van der Waals surface area contributed by atoms with E-state index >= 15 is 0 Å². The van der Waals surface area contributed by atoms with Crippen molar-refractivity contribution in [3.8, 4) is 11.5 Å². The molecule has 0 N–H and O–H groups in total. The number of aromatic nitrogens is 3. The highest BCUT2D eigenvalue weighted by atomic mass is 32.2. The van der Waals surface area contributed by atoms with Gasteiger partial charge in [0.15, 0.2) is 5.16 Å². The number of carbonyl (C=O) groups excluding carboxylic acids is 1. The standard InChI is InChI=1S/C24H34N4O2SSi/c1-15(2)32(16(3)4,17(5)6)10-9-18-11-22(30)28(19-12-21(29)27(7)14-19)23-20(18)13-25-24(26-23)31-8/h11,13,15-17,19H,12,14H2,1-8H3. The number of carbonyl (C=O) groups is 1. The Hall–Kier alpha value is -2.11. The van der Waals surface area contributed by atoms with E-state index in [1.54, 1.807) is 28.8 Å². The van der Waals surface area contributed by atoms with Crippen LogP contribution in [0.5, 0.6) is 0 Å². The molecule has 1 amide bonds. The van der Waals surface area contributed by atoms with Crippen molar-refractivity contribution in [2.45, 2.75) is 75.8 Å². The molecule has 2 aromatic rings. The molecule has 1 fully saturated rings. The first-order chi connectivity index (χ1) is 15.0. The summed E-state index contributed by atoms with van der Waals surface area (Å²) in [5, 5.41) is 1.37. The van der Waals surface area contributed by atoms with Gasteiger partial charge in [-0.1, -0.05) is 59.2 Å². The maximum atomic E-state index is 13.3. The van der Waals surface area contributed by atoms with Crippen molar-refractivity contribution < 1.29 is 4.79 Å². The van der Waals surface area contributed by atoms with Crippen LogP contribution in [0.25, 0.3) is 11.0 Å². The minimum absolute atomic E-state index is 0.0413. The number of nitrogens with zero attached hydrogens (tertiary/aromatic N) is 4. The van der Waals surface area contributed by atoms with E-state index in [9.17, 15) is 9.59 Å². The summed E-state index contributed by atoms with van der Waals surface area (Å²) in [4.78, 5) is 36.3. The Morgan fingerprint density at radius 2 is 1.75 bits per heavy atom. The number of pyridine rings is 1. The first-order valence-corrected chi connectivity index (χ1v) is 14.7. The van der Waals surface area contributed by atoms with Crippen LogP contribution in [0.3, 0.4) is 0 Å². The number of hydrogen-bond donors (Lipinski definition) is 0. The zero-order valence-corrected chi connectivity index (χ0v) is 22.2. The molecule has 3 heterocycles. The van der Waals surface area contributed by atoms with Crippen LogP contribution in [-0.2, 0) is 4.79 Å². The lowest BCUT2D eigenvalue weighted by atomic mass is 10.1. The van der Waals surface area contributed by atoms with Crippen molar-refractivity contribution >= 4 is 36.8 Å². The molecule has 8 heteroatoms. The van der Waals surface area contributed by atoms with E-state index in [-0.39, 0.29) is 17.5 Å². The summed E-state index contributed by atoms with van der Waals surface area (Å²) in [5.41, 5.74) is 6.31. The van der Waals surface area contributed by atoms with E-state index in [0.717, 1.165) is 5.39 Å². The molecule has 1 saturated heterocycles. The van der Waals surface area contributed by atoms with Gasteiger partial charge in [0.25, 0.3) is 5.56 Å². The van der Waals surface area contributed by atoms with Gasteiger partial charge in [-0.25, -0.2) is 9.97 Å². The summed E-state index contributed by atoms with van der Waals surface area (Å²) in [6.45, 7) is 14.2. The molecule has 0 spiro atoms. The number of thioether (sulfide) groups is 1. The number of likely N-dealkylation sites (tertiary alicyclic amines) is 1. The van der Waals surface area contributed by atoms with Crippen LogP contribution in [-0.4, -0.2) is 53.3 Å². The van der Waals surface area contributed by atoms with Crippen molar-refractivity contribution in [3.63, 3.8) is 0 Å². The number of rotatable bonds is 5. The molecular weight excluding hydrogens is 436 g/mol. The van der Waals surface area contributed by atoms with Gasteiger partial charge in [0, 0.05) is 37.8 Å². The summed E-state index contributed by atoms with van der Waals surface area (Å²) < 4.78 is 1.67. The summed E-state index contributed by atoms with van der Waals surface area (Å²) in [5.74, 6) is 3.46. The number of fused-ring (bicyclic) bond motifs is 1. The molecule has 1 unspecified atom stereocenters. The Morgan fingerprint density at radius 3 is 2.25 bits per heavy atom. The smallest absolute Gasteiger partial charge is 0.253 e. The highest BCUT2D eigenvalue weighted by Gasteiger charge is 2.41. The molecule has 1 aliphatic rings. The van der Waals surface area contributed by atoms with Crippen LogP contribution in [0, 0.1) is 11.5 Å². The highest BCUT2D eigenvalue weighted by molar-refractivity contribution is 7.98. The minimum atomic E-state index is -1.96. The topological polar surface area (TPSA) is 68.1 Å². The van der Waals surface area contributed by atoms with Gasteiger partial charge < -0.3 is 4.90 Å². The third-order valence-electron chi connectivity index (χ3n) is 6.92. The summed E-state index contributed by atoms with van der Waals surface area (Å²) in [6.07, 6.45) is 3.99. The van der Waals surface area contributed by atoms with Gasteiger partial charge in [0.2, 0.25) is 5.91 Å². The fraction of sp³-hybridized carbons (Fsp3) is 0.583. The zero-order chi connectivity index (χ0) is 23.8. The molecule has 0 aromatic carbocycles. The Bertz CT molecular complexity index is 1120. The molecular formula is C24H34N4O2SSi. The third-order valence-corrected chi connectivity index (χ3v) is 13.8.